The Labute approximate surface area is 254 Å². The van der Waals surface area contributed by atoms with Crippen LogP contribution < -0.4 is 10.0 Å². The molecule has 1 aromatic heterocycles. The minimum absolute atomic E-state index is 0.0713. The van der Waals surface area contributed by atoms with Crippen LogP contribution in [0.5, 0.6) is 0 Å². The third-order valence-electron chi connectivity index (χ3n) is 8.88. The molecule has 238 valence electrons. The molecule has 4 rings (SSSR count). The molecule has 43 heavy (non-hydrogen) atoms. The van der Waals surface area contributed by atoms with E-state index in [-0.39, 0.29) is 41.8 Å². The number of piperazine rings is 1. The summed E-state index contributed by atoms with van der Waals surface area (Å²) in [4.78, 5) is 31.6. The molecule has 2 saturated heterocycles. The number of hydrogen-bond acceptors (Lipinski definition) is 8. The molecule has 0 aliphatic carbocycles. The lowest BCUT2D eigenvalue weighted by molar-refractivity contribution is -0.165. The van der Waals surface area contributed by atoms with Crippen molar-refractivity contribution < 1.29 is 28.2 Å². The van der Waals surface area contributed by atoms with Crippen molar-refractivity contribution in [1.29, 1.82) is 0 Å². The SMILES string of the molecule is CCCCN1C(=O)[C@@H]([C@H](O)C(C)C)NC(=O)C12CCN(C(c1ccc(S(=O)(=O)NCCO)cc1)c1c(C)n[nH]c1C)CC2. The van der Waals surface area contributed by atoms with Gasteiger partial charge in [0.05, 0.1) is 29.3 Å². The van der Waals surface area contributed by atoms with Crippen LogP contribution in [0.1, 0.15) is 75.0 Å². The highest BCUT2D eigenvalue weighted by molar-refractivity contribution is 7.89. The summed E-state index contributed by atoms with van der Waals surface area (Å²) in [6.45, 7) is 10.7. The third kappa shape index (κ3) is 6.51. The highest BCUT2D eigenvalue weighted by Crippen LogP contribution is 2.40. The maximum atomic E-state index is 13.8. The first-order valence-electron chi connectivity index (χ1n) is 15.1. The van der Waals surface area contributed by atoms with E-state index in [1.165, 1.54) is 0 Å². The van der Waals surface area contributed by atoms with E-state index in [1.807, 2.05) is 34.6 Å². The van der Waals surface area contributed by atoms with Gasteiger partial charge in [-0.3, -0.25) is 19.6 Å². The number of unbranched alkanes of at least 4 members (excludes halogenated alkanes) is 1. The van der Waals surface area contributed by atoms with Crippen molar-refractivity contribution in [2.45, 2.75) is 88.9 Å². The van der Waals surface area contributed by atoms with Crippen molar-refractivity contribution in [2.24, 2.45) is 5.92 Å². The van der Waals surface area contributed by atoms with Gasteiger partial charge in [-0.2, -0.15) is 5.10 Å². The lowest BCUT2D eigenvalue weighted by Gasteiger charge is -2.53. The smallest absolute Gasteiger partial charge is 0.248 e. The number of benzene rings is 1. The lowest BCUT2D eigenvalue weighted by Crippen LogP contribution is -2.75. The van der Waals surface area contributed by atoms with Crippen molar-refractivity contribution in [3.63, 3.8) is 0 Å². The standard InChI is InChI=1S/C30H46N6O6S/c1-6-7-15-36-28(39)25(27(38)19(2)3)32-29(40)30(36)12-16-35(17-13-30)26(24-20(4)33-34-21(24)5)22-8-10-23(11-9-22)43(41,42)31-14-18-37/h8-11,19,25-27,31,37-38H,6-7,12-18H2,1-5H3,(H,32,40)(H,33,34)/t25-,26?,27-/m1/s1. The van der Waals surface area contributed by atoms with E-state index in [0.717, 1.165) is 35.4 Å². The van der Waals surface area contributed by atoms with Gasteiger partial charge in [-0.1, -0.05) is 39.3 Å². The Kier molecular flexibility index (Phi) is 10.3. The Hall–Kier alpha value is -2.84. The molecule has 1 spiro atoms. The molecule has 0 radical (unpaired) electrons. The summed E-state index contributed by atoms with van der Waals surface area (Å²) in [5.74, 6) is -0.635. The van der Waals surface area contributed by atoms with E-state index in [9.17, 15) is 23.1 Å². The van der Waals surface area contributed by atoms with E-state index in [4.69, 9.17) is 5.11 Å². The lowest BCUT2D eigenvalue weighted by atomic mass is 9.79. The Balaban J connectivity index is 1.65. The number of nitrogens with one attached hydrogen (secondary N) is 3. The van der Waals surface area contributed by atoms with Crippen LogP contribution in [0.15, 0.2) is 29.2 Å². The van der Waals surface area contributed by atoms with Crippen molar-refractivity contribution >= 4 is 21.8 Å². The monoisotopic (exact) mass is 618 g/mol. The predicted molar refractivity (Wildman–Crippen MR) is 162 cm³/mol. The maximum absolute atomic E-state index is 13.8. The van der Waals surface area contributed by atoms with E-state index < -0.39 is 27.7 Å². The second-order valence-electron chi connectivity index (χ2n) is 12.0. The van der Waals surface area contributed by atoms with Crippen LogP contribution in [0.4, 0.5) is 0 Å². The molecule has 1 aromatic carbocycles. The first kappa shape index (κ1) is 33.1. The molecular formula is C30H46N6O6S. The summed E-state index contributed by atoms with van der Waals surface area (Å²) in [7, 11) is -3.76. The zero-order valence-corrected chi connectivity index (χ0v) is 26.6. The van der Waals surface area contributed by atoms with E-state index in [0.29, 0.717) is 32.5 Å². The molecule has 3 heterocycles. The van der Waals surface area contributed by atoms with Gasteiger partial charge in [0.2, 0.25) is 21.8 Å². The molecule has 3 atom stereocenters. The quantitative estimate of drug-likeness (QED) is 0.238. The average molecular weight is 619 g/mol. The van der Waals surface area contributed by atoms with Gasteiger partial charge in [-0.15, -0.1) is 0 Å². The number of H-pyrrole nitrogens is 1. The summed E-state index contributed by atoms with van der Waals surface area (Å²) < 4.78 is 27.6. The number of piperidine rings is 1. The minimum atomic E-state index is -3.76. The third-order valence-corrected chi connectivity index (χ3v) is 10.4. The summed E-state index contributed by atoms with van der Waals surface area (Å²) in [6.07, 6.45) is 1.49. The van der Waals surface area contributed by atoms with Crippen molar-refractivity contribution in [1.82, 2.24) is 30.0 Å². The van der Waals surface area contributed by atoms with Gasteiger partial charge >= 0.3 is 0 Å². The van der Waals surface area contributed by atoms with Gasteiger partial charge in [0.25, 0.3) is 0 Å². The van der Waals surface area contributed by atoms with E-state index in [1.54, 1.807) is 29.2 Å². The van der Waals surface area contributed by atoms with Crippen LogP contribution in [0.25, 0.3) is 0 Å². The number of hydrogen-bond donors (Lipinski definition) is 5. The molecule has 2 aliphatic rings. The summed E-state index contributed by atoms with van der Waals surface area (Å²) in [5, 5.41) is 30.1. The number of aliphatic hydroxyl groups excluding tert-OH is 2. The summed E-state index contributed by atoms with van der Waals surface area (Å²) >= 11 is 0. The van der Waals surface area contributed by atoms with Gasteiger partial charge < -0.3 is 20.4 Å². The fraction of sp³-hybridized carbons (Fsp3) is 0.633. The van der Waals surface area contributed by atoms with E-state index >= 15 is 0 Å². The molecule has 5 N–H and O–H groups in total. The predicted octanol–water partition coefficient (Wildman–Crippen LogP) is 1.37. The summed E-state index contributed by atoms with van der Waals surface area (Å²) in [5.41, 5.74) is 2.57. The topological polar surface area (TPSA) is 168 Å². The zero-order valence-electron chi connectivity index (χ0n) is 25.8. The van der Waals surface area contributed by atoms with E-state index in [2.05, 4.69) is 25.1 Å². The molecule has 0 saturated carbocycles. The molecule has 2 amide bonds. The molecule has 1 unspecified atom stereocenters. The fourth-order valence-electron chi connectivity index (χ4n) is 6.36. The molecule has 2 aromatic rings. The molecular weight excluding hydrogens is 572 g/mol. The Bertz CT molecular complexity index is 1360. The number of aromatic amines is 1. The zero-order chi connectivity index (χ0) is 31.5. The van der Waals surface area contributed by atoms with Gasteiger partial charge in [0.1, 0.15) is 11.6 Å². The number of rotatable bonds is 12. The number of sulfonamides is 1. The Morgan fingerprint density at radius 2 is 1.79 bits per heavy atom. The van der Waals surface area contributed by atoms with Crippen molar-refractivity contribution in [3.8, 4) is 0 Å². The Morgan fingerprint density at radius 1 is 1.14 bits per heavy atom. The number of carbonyl (C=O) groups is 2. The van der Waals surface area contributed by atoms with Crippen molar-refractivity contribution in [2.75, 3.05) is 32.8 Å². The highest BCUT2D eigenvalue weighted by atomic mass is 32.2. The van der Waals surface area contributed by atoms with Crippen LogP contribution >= 0.6 is 0 Å². The highest BCUT2D eigenvalue weighted by Gasteiger charge is 2.55. The number of aryl methyl sites for hydroxylation is 2. The number of likely N-dealkylation sites (tertiary alicyclic amines) is 1. The van der Waals surface area contributed by atoms with Crippen LogP contribution in [0.2, 0.25) is 0 Å². The fourth-order valence-corrected chi connectivity index (χ4v) is 7.38. The van der Waals surface area contributed by atoms with Gasteiger partial charge in [-0.05, 0) is 56.7 Å². The minimum Gasteiger partial charge on any atom is -0.395 e. The molecule has 12 nitrogen and oxygen atoms in total. The molecule has 2 aliphatic heterocycles. The normalized spacial score (nSPS) is 20.9. The number of aliphatic hydroxyl groups is 2. The molecule has 13 heteroatoms. The van der Waals surface area contributed by atoms with Crippen LogP contribution in [0, 0.1) is 19.8 Å². The summed E-state index contributed by atoms with van der Waals surface area (Å²) in [6, 6.07) is 5.46. The maximum Gasteiger partial charge on any atom is 0.248 e. The second kappa shape index (κ2) is 13.4. The molecule has 0 bridgehead atoms. The van der Waals surface area contributed by atoms with Gasteiger partial charge in [0.15, 0.2) is 0 Å². The number of nitrogens with zero attached hydrogens (tertiary/aromatic N) is 3. The first-order valence-corrected chi connectivity index (χ1v) is 16.6. The number of aromatic nitrogens is 2. The van der Waals surface area contributed by atoms with Gasteiger partial charge in [-0.25, -0.2) is 13.1 Å². The molecule has 2 fully saturated rings. The Morgan fingerprint density at radius 3 is 2.33 bits per heavy atom. The first-order chi connectivity index (χ1) is 20.4. The average Bonchev–Trinajstić information content (AvgIpc) is 3.32. The number of amides is 2. The van der Waals surface area contributed by atoms with Crippen LogP contribution in [0.3, 0.4) is 0 Å². The van der Waals surface area contributed by atoms with Gasteiger partial charge in [0, 0.05) is 37.4 Å². The largest absolute Gasteiger partial charge is 0.395 e. The van der Waals surface area contributed by atoms with Crippen LogP contribution in [-0.2, 0) is 19.6 Å². The van der Waals surface area contributed by atoms with Crippen LogP contribution in [-0.4, -0.2) is 101 Å². The second-order valence-corrected chi connectivity index (χ2v) is 13.8. The van der Waals surface area contributed by atoms with Crippen molar-refractivity contribution in [3.05, 3.63) is 46.8 Å². The number of carbonyl (C=O) groups excluding carboxylic acids is 2.